The topological polar surface area (TPSA) is 520 Å². The van der Waals surface area contributed by atoms with Gasteiger partial charge in [-0.1, -0.05) is 0 Å². The van der Waals surface area contributed by atoms with E-state index < -0.39 is 224 Å². The Morgan fingerprint density at radius 1 is 0.246 bits per heavy atom. The minimum absolute atomic E-state index is 0.952. The Bertz CT molecular complexity index is 1580. The van der Waals surface area contributed by atoms with E-state index in [0.29, 0.717) is 0 Å². The zero-order valence-corrected chi connectivity index (χ0v) is 36.1. The van der Waals surface area contributed by atoms with Crippen molar-refractivity contribution in [2.75, 3.05) is 39.6 Å². The van der Waals surface area contributed by atoms with E-state index in [4.69, 9.17) is 89.0 Å². The Balaban J connectivity index is 1.22. The highest BCUT2D eigenvalue weighted by Crippen LogP contribution is 2.38. The number of rotatable bonds is 9. The van der Waals surface area contributed by atoms with Gasteiger partial charge in [0, 0.05) is 0 Å². The van der Waals surface area contributed by atoms with Crippen LogP contribution in [0.3, 0.4) is 0 Å². The van der Waals surface area contributed by atoms with Crippen LogP contribution in [-0.4, -0.2) is 300 Å². The molecule has 33 nitrogen and oxygen atoms in total. The molecule has 0 amide bonds. The third-order valence-electron chi connectivity index (χ3n) is 13.1. The van der Waals surface area contributed by atoms with Gasteiger partial charge in [0.15, 0.2) is 37.7 Å². The number of nitrogens with two attached hydrogens (primary N) is 3. The lowest BCUT2D eigenvalue weighted by molar-refractivity contribution is -0.407. The second-order valence-corrected chi connectivity index (χ2v) is 17.2. The zero-order valence-electron chi connectivity index (χ0n) is 36.1. The maximum atomic E-state index is 11.5. The summed E-state index contributed by atoms with van der Waals surface area (Å²) in [5, 5.41) is 164. The van der Waals surface area contributed by atoms with E-state index in [1.807, 2.05) is 0 Å². The average molecular weight is 1020 g/mol. The fraction of sp³-hybridized carbons (Fsp3) is 1.00. The van der Waals surface area contributed by atoms with Crippen molar-refractivity contribution in [2.45, 2.75) is 184 Å². The summed E-state index contributed by atoms with van der Waals surface area (Å²) in [7, 11) is 0. The predicted octanol–water partition coefficient (Wildman–Crippen LogP) is -13.4. The normalized spacial score (nSPS) is 53.5. The first-order chi connectivity index (χ1) is 33.0. The van der Waals surface area contributed by atoms with Crippen LogP contribution < -0.4 is 17.7 Å². The van der Waals surface area contributed by atoms with Crippen LogP contribution in [0.2, 0.25) is 0 Å². The maximum absolute atomic E-state index is 11.5. The Kier molecular flexibility index (Phi) is 19.2. The molecule has 22 fully saturated rings. The van der Waals surface area contributed by atoms with Gasteiger partial charge < -0.3 is 133 Å². The second kappa shape index (κ2) is 23.9. The molecule has 0 aromatic heterocycles. The van der Waals surface area contributed by atoms with Crippen molar-refractivity contribution < 1.29 is 148 Å². The third-order valence-corrected chi connectivity index (χ3v) is 13.1. The van der Waals surface area contributed by atoms with Gasteiger partial charge in [0.1, 0.15) is 146 Å². The Morgan fingerprint density at radius 3 is 0.609 bits per heavy atom. The molecular weight excluding hydrogens is 954 g/mol. The predicted molar refractivity (Wildman–Crippen MR) is 205 cm³/mol. The molecule has 402 valence electrons. The number of aliphatic hydroxyl groups excluding tert-OH is 15. The van der Waals surface area contributed by atoms with Gasteiger partial charge in [0.25, 0.3) is 0 Å². The van der Waals surface area contributed by atoms with Crippen LogP contribution in [0.1, 0.15) is 0 Å². The molecule has 0 spiro atoms. The van der Waals surface area contributed by atoms with Crippen molar-refractivity contribution in [2.24, 2.45) is 17.7 Å². The van der Waals surface area contributed by atoms with Gasteiger partial charge in [-0.3, -0.25) is 14.5 Å². The van der Waals surface area contributed by atoms with Crippen molar-refractivity contribution in [1.29, 1.82) is 0 Å². The fourth-order valence-electron chi connectivity index (χ4n) is 9.35. The number of aliphatic hydroxyl groups is 15. The van der Waals surface area contributed by atoms with Crippen molar-refractivity contribution in [3.63, 3.8) is 0 Å². The van der Waals surface area contributed by atoms with Crippen LogP contribution in [0, 0.1) is 0 Å². The molecule has 22 aliphatic rings. The number of hydrogen-bond acceptors (Lipinski definition) is 33. The smallest absolute Gasteiger partial charge is 0.187 e. The molecule has 33 heteroatoms. The quantitative estimate of drug-likeness (QED) is 0.0954. The summed E-state index contributed by atoms with van der Waals surface area (Å²) in [4.78, 5) is 15.0. The highest BCUT2D eigenvalue weighted by molar-refractivity contribution is 5.01. The molecule has 22 heterocycles. The molecule has 0 unspecified atom stereocenters. The van der Waals surface area contributed by atoms with Gasteiger partial charge >= 0.3 is 0 Å². The van der Waals surface area contributed by atoms with Crippen LogP contribution in [0.5, 0.6) is 0 Å². The molecule has 22 saturated heterocycles. The molecule has 0 radical (unpaired) electrons. The lowest BCUT2D eigenvalue weighted by atomic mass is 9.94. The average Bonchev–Trinajstić information content (AvgIpc) is 3.34. The molecule has 22 rings (SSSR count). The van der Waals surface area contributed by atoms with Crippen molar-refractivity contribution in [3.05, 3.63) is 0 Å². The second-order valence-electron chi connectivity index (χ2n) is 17.2. The lowest BCUT2D eigenvalue weighted by Gasteiger charge is -2.51. The van der Waals surface area contributed by atoms with Gasteiger partial charge in [-0.15, -0.1) is 0 Å². The van der Waals surface area contributed by atoms with Crippen LogP contribution >= 0.6 is 0 Å². The van der Waals surface area contributed by atoms with E-state index in [1.165, 1.54) is 0 Å². The number of hydrogen-bond donors (Lipinski definition) is 18. The van der Waals surface area contributed by atoms with Gasteiger partial charge in [0.2, 0.25) is 0 Å². The molecule has 0 aliphatic carbocycles. The molecule has 12 bridgehead atoms. The largest absolute Gasteiger partial charge is 0.394 e. The maximum Gasteiger partial charge on any atom is 0.187 e. The van der Waals surface area contributed by atoms with E-state index in [-0.39, 0.29) is 0 Å². The summed E-state index contributed by atoms with van der Waals surface area (Å²) < 4.78 is 69.4. The zero-order chi connectivity index (χ0) is 50.2. The molecule has 30 atom stereocenters. The molecule has 0 aromatic carbocycles. The van der Waals surface area contributed by atoms with E-state index in [1.54, 1.807) is 0 Å². The molecule has 22 aliphatic heterocycles. The fourth-order valence-corrected chi connectivity index (χ4v) is 9.35. The monoisotopic (exact) mass is 1020 g/mol. The van der Waals surface area contributed by atoms with Crippen LogP contribution in [0.15, 0.2) is 0 Å². The van der Waals surface area contributed by atoms with E-state index >= 15 is 0 Å². The van der Waals surface area contributed by atoms with E-state index in [2.05, 4.69) is 0 Å². The first-order valence-corrected chi connectivity index (χ1v) is 21.7. The van der Waals surface area contributed by atoms with Gasteiger partial charge in [0.05, 0.1) is 39.6 Å². The Hall–Kier alpha value is -1.32. The summed E-state index contributed by atoms with van der Waals surface area (Å²) in [6.07, 6.45) is -56.1. The van der Waals surface area contributed by atoms with Gasteiger partial charge in [-0.2, -0.15) is 0 Å². The highest BCUT2D eigenvalue weighted by Gasteiger charge is 2.59. The lowest BCUT2D eigenvalue weighted by Crippen LogP contribution is -2.69. The van der Waals surface area contributed by atoms with Crippen LogP contribution in [0.4, 0.5) is 0 Å². The first kappa shape index (κ1) is 55.4. The third kappa shape index (κ3) is 10.8. The first-order valence-electron chi connectivity index (χ1n) is 21.7. The highest BCUT2D eigenvalue weighted by atomic mass is 16.8. The van der Waals surface area contributed by atoms with Crippen LogP contribution in [0.25, 0.3) is 0 Å². The summed E-state index contributed by atoms with van der Waals surface area (Å²) in [6.45, 7) is -5.84. The van der Waals surface area contributed by atoms with Crippen molar-refractivity contribution in [3.8, 4) is 0 Å². The summed E-state index contributed by atoms with van der Waals surface area (Å²) in [5.41, 5.74) is 0. The van der Waals surface area contributed by atoms with E-state index in [0.717, 1.165) is 0 Å². The van der Waals surface area contributed by atoms with Crippen molar-refractivity contribution >= 4 is 0 Å². The molecule has 69 heavy (non-hydrogen) atoms. The SMILES string of the molecule is NO[C@@H]1[C@@H](O)[C@H]2O[C@@H]3[C@H](ON)[C@@H](O)[C@@H](O[C@@H]4[C@H](ON)[C@@H](O)[C@@H](O[C@H]5[C@H](O)[C@@H](O)[C@@H](O[C@H]6[C@H](O)[C@@H](O)[C@@H](O[C@H]7[C@H](O)[C@@H](O)[C@@H](O[C@H]1[C@@H](CO)O2)O[C@@H]7CO)O[C@@H]6CO)O[C@@H]5CO)O[C@@H]4CO)O[C@@H]3CO. The molecule has 0 saturated carbocycles. The van der Waals surface area contributed by atoms with Crippen molar-refractivity contribution in [1.82, 2.24) is 0 Å². The Labute approximate surface area is 389 Å². The van der Waals surface area contributed by atoms with Gasteiger partial charge in [-0.05, 0) is 0 Å². The molecule has 0 aromatic rings. The summed E-state index contributed by atoms with van der Waals surface area (Å²) in [5.74, 6) is 16.7. The minimum Gasteiger partial charge on any atom is -0.394 e. The molecule has 21 N–H and O–H groups in total. The summed E-state index contributed by atoms with van der Waals surface area (Å²) in [6, 6.07) is 0. The Morgan fingerprint density at radius 2 is 0.420 bits per heavy atom. The molecular formula is C36H63N3O30. The van der Waals surface area contributed by atoms with Crippen LogP contribution in [-0.2, 0) is 71.4 Å². The van der Waals surface area contributed by atoms with Gasteiger partial charge in [-0.25, -0.2) is 17.7 Å². The summed E-state index contributed by atoms with van der Waals surface area (Å²) >= 11 is 0. The van der Waals surface area contributed by atoms with E-state index in [9.17, 15) is 76.6 Å². The standard InChI is InChI=1S/C36H63N3O30/c37-67-28-19(52)34-58-11(5-44)26(28)65-36-21(54)30(69-39)27(12(6-45)60-36)66-35-20(53)29(68-38)25(10(4-43)59-35)64-33-18(51)15(48)23(8(2-41)57-33)62-31-16(49)13(46)22(7(1-40)55-31)61-32-17(50)14(47)24(63-34)9(3-42)56-32/h7-36,40-54H,1-6,37-39H2/t7-,8-,9-,10-,11-,12-,13-,14-,15-,16-,17-,18-,19-,20-,21-,22-,23-,24-,25+,26+,27+,28-,29-,30-,31-,32-,33-,34-,35-,36-/m1/s1. The number of ether oxygens (including phenoxy) is 12. The minimum atomic E-state index is -2.14.